The first-order valence-electron chi connectivity index (χ1n) is 7.23. The molecular formula is C15H21NO4S2. The van der Waals surface area contributed by atoms with Crippen LogP contribution in [0.2, 0.25) is 0 Å². The first-order valence-corrected chi connectivity index (χ1v) is 9.93. The fraction of sp³-hybridized carbons (Fsp3) is 0.533. The van der Waals surface area contributed by atoms with E-state index in [0.717, 1.165) is 4.88 Å². The van der Waals surface area contributed by atoms with Crippen LogP contribution in [-0.4, -0.2) is 57.0 Å². The van der Waals surface area contributed by atoms with Crippen LogP contribution in [0.25, 0.3) is 6.08 Å². The monoisotopic (exact) mass is 343 g/mol. The van der Waals surface area contributed by atoms with Crippen molar-refractivity contribution in [3.8, 4) is 0 Å². The number of thiophene rings is 1. The number of rotatable bonds is 7. The average Bonchev–Trinajstić information content (AvgIpc) is 3.10. The molecule has 1 atom stereocenters. The molecule has 1 aromatic heterocycles. The number of methoxy groups -OCH3 is 1. The summed E-state index contributed by atoms with van der Waals surface area (Å²) in [6, 6.07) is 3.64. The molecule has 1 unspecified atom stereocenters. The molecule has 1 aliphatic heterocycles. The molecule has 1 aliphatic rings. The SMILES string of the molecule is COCCCN(C(=O)/C=C/c1cccs1)C1CCS(=O)(=O)C1. The zero-order valence-electron chi connectivity index (χ0n) is 12.6. The highest BCUT2D eigenvalue weighted by Crippen LogP contribution is 2.19. The van der Waals surface area contributed by atoms with Gasteiger partial charge in [0.15, 0.2) is 9.84 Å². The molecule has 7 heteroatoms. The molecule has 1 amide bonds. The summed E-state index contributed by atoms with van der Waals surface area (Å²) in [7, 11) is -1.40. The second kappa shape index (κ2) is 7.89. The van der Waals surface area contributed by atoms with Crippen molar-refractivity contribution >= 4 is 33.2 Å². The highest BCUT2D eigenvalue weighted by atomic mass is 32.2. The van der Waals surface area contributed by atoms with Crippen LogP contribution < -0.4 is 0 Å². The maximum absolute atomic E-state index is 12.4. The molecule has 5 nitrogen and oxygen atoms in total. The lowest BCUT2D eigenvalue weighted by Crippen LogP contribution is -2.41. The van der Waals surface area contributed by atoms with E-state index in [1.165, 1.54) is 6.08 Å². The van der Waals surface area contributed by atoms with Gasteiger partial charge in [0.1, 0.15) is 0 Å². The van der Waals surface area contributed by atoms with Crippen LogP contribution in [0.15, 0.2) is 23.6 Å². The normalized spacial score (nSPS) is 20.5. The Labute approximate surface area is 135 Å². The minimum Gasteiger partial charge on any atom is -0.385 e. The second-order valence-electron chi connectivity index (χ2n) is 5.28. The first kappa shape index (κ1) is 17.2. The van der Waals surface area contributed by atoms with E-state index in [-0.39, 0.29) is 23.5 Å². The molecule has 1 aromatic rings. The highest BCUT2D eigenvalue weighted by Gasteiger charge is 2.33. The van der Waals surface area contributed by atoms with E-state index >= 15 is 0 Å². The van der Waals surface area contributed by atoms with Crippen molar-refractivity contribution in [1.29, 1.82) is 0 Å². The van der Waals surface area contributed by atoms with Crippen LogP contribution in [-0.2, 0) is 19.4 Å². The number of sulfone groups is 1. The standard InChI is InChI=1S/C15H21NO4S2/c1-20-9-3-8-16(13-7-11-22(18,19)12-13)15(17)6-5-14-4-2-10-21-14/h2,4-6,10,13H,3,7-9,11-12H2,1H3/b6-5+. The van der Waals surface area contributed by atoms with Crippen LogP contribution in [0, 0.1) is 0 Å². The molecule has 0 radical (unpaired) electrons. The average molecular weight is 343 g/mol. The Hall–Kier alpha value is -1.18. The van der Waals surface area contributed by atoms with Crippen molar-refractivity contribution < 1.29 is 17.9 Å². The van der Waals surface area contributed by atoms with E-state index < -0.39 is 9.84 Å². The summed E-state index contributed by atoms with van der Waals surface area (Å²) >= 11 is 1.56. The van der Waals surface area contributed by atoms with Gasteiger partial charge in [0.25, 0.3) is 0 Å². The van der Waals surface area contributed by atoms with Crippen molar-refractivity contribution in [2.24, 2.45) is 0 Å². The molecule has 0 aliphatic carbocycles. The molecular weight excluding hydrogens is 322 g/mol. The van der Waals surface area contributed by atoms with Gasteiger partial charge in [-0.2, -0.15) is 0 Å². The molecule has 0 aromatic carbocycles. The fourth-order valence-electron chi connectivity index (χ4n) is 2.51. The van der Waals surface area contributed by atoms with Gasteiger partial charge in [0.05, 0.1) is 11.5 Å². The molecule has 0 spiro atoms. The summed E-state index contributed by atoms with van der Waals surface area (Å²) in [6.07, 6.45) is 4.53. The zero-order valence-corrected chi connectivity index (χ0v) is 14.2. The summed E-state index contributed by atoms with van der Waals surface area (Å²) in [4.78, 5) is 15.1. The number of hydrogen-bond acceptors (Lipinski definition) is 5. The maximum Gasteiger partial charge on any atom is 0.246 e. The van der Waals surface area contributed by atoms with Gasteiger partial charge in [-0.1, -0.05) is 6.07 Å². The molecule has 122 valence electrons. The van der Waals surface area contributed by atoms with Gasteiger partial charge in [-0.05, 0) is 30.4 Å². The van der Waals surface area contributed by atoms with Crippen LogP contribution in [0.5, 0.6) is 0 Å². The van der Waals surface area contributed by atoms with Crippen LogP contribution in [0.3, 0.4) is 0 Å². The van der Waals surface area contributed by atoms with E-state index in [9.17, 15) is 13.2 Å². The Balaban J connectivity index is 2.04. The van der Waals surface area contributed by atoms with Gasteiger partial charge < -0.3 is 9.64 Å². The molecule has 1 fully saturated rings. The first-order chi connectivity index (χ1) is 10.5. The molecule has 2 heterocycles. The highest BCUT2D eigenvalue weighted by molar-refractivity contribution is 7.91. The van der Waals surface area contributed by atoms with Gasteiger partial charge >= 0.3 is 0 Å². The molecule has 1 saturated heterocycles. The number of carbonyl (C=O) groups excluding carboxylic acids is 1. The third-order valence-electron chi connectivity index (χ3n) is 3.61. The van der Waals surface area contributed by atoms with E-state index in [1.54, 1.807) is 29.4 Å². The maximum atomic E-state index is 12.4. The lowest BCUT2D eigenvalue weighted by atomic mass is 10.2. The summed E-state index contributed by atoms with van der Waals surface area (Å²) in [5, 5.41) is 1.95. The minimum atomic E-state index is -3.01. The van der Waals surface area contributed by atoms with Crippen molar-refractivity contribution in [3.63, 3.8) is 0 Å². The number of amides is 1. The van der Waals surface area contributed by atoms with Crippen LogP contribution >= 0.6 is 11.3 Å². The zero-order chi connectivity index (χ0) is 16.0. The summed E-state index contributed by atoms with van der Waals surface area (Å²) in [6.45, 7) is 1.07. The Morgan fingerprint density at radius 3 is 2.95 bits per heavy atom. The predicted octanol–water partition coefficient (Wildman–Crippen LogP) is 1.81. The van der Waals surface area contributed by atoms with E-state index in [2.05, 4.69) is 0 Å². The Bertz CT molecular complexity index is 607. The van der Waals surface area contributed by atoms with Crippen molar-refractivity contribution in [3.05, 3.63) is 28.5 Å². The number of hydrogen-bond donors (Lipinski definition) is 0. The smallest absolute Gasteiger partial charge is 0.246 e. The number of carbonyl (C=O) groups is 1. The number of ether oxygens (including phenoxy) is 1. The molecule has 0 bridgehead atoms. The van der Waals surface area contributed by atoms with Gasteiger partial charge in [-0.25, -0.2) is 8.42 Å². The third-order valence-corrected chi connectivity index (χ3v) is 6.20. The molecule has 0 N–H and O–H groups in total. The summed E-state index contributed by atoms with van der Waals surface area (Å²) in [5.41, 5.74) is 0. The predicted molar refractivity (Wildman–Crippen MR) is 88.6 cm³/mol. The quantitative estimate of drug-likeness (QED) is 0.559. The molecule has 2 rings (SSSR count). The Morgan fingerprint density at radius 1 is 1.55 bits per heavy atom. The summed E-state index contributed by atoms with van der Waals surface area (Å²) < 4.78 is 28.3. The van der Waals surface area contributed by atoms with Crippen molar-refractivity contribution in [1.82, 2.24) is 4.90 Å². The minimum absolute atomic E-state index is 0.0680. The van der Waals surface area contributed by atoms with Crippen LogP contribution in [0.4, 0.5) is 0 Å². The van der Waals surface area contributed by atoms with E-state index in [0.29, 0.717) is 26.0 Å². The summed E-state index contributed by atoms with van der Waals surface area (Å²) in [5.74, 6) is 0.102. The van der Waals surface area contributed by atoms with E-state index in [1.807, 2.05) is 17.5 Å². The van der Waals surface area contributed by atoms with Crippen molar-refractivity contribution in [2.75, 3.05) is 31.8 Å². The second-order valence-corrected chi connectivity index (χ2v) is 8.49. The largest absolute Gasteiger partial charge is 0.385 e. The van der Waals surface area contributed by atoms with Gasteiger partial charge in [0.2, 0.25) is 5.91 Å². The topological polar surface area (TPSA) is 63.7 Å². The van der Waals surface area contributed by atoms with Gasteiger partial charge in [-0.3, -0.25) is 4.79 Å². The molecule has 22 heavy (non-hydrogen) atoms. The third kappa shape index (κ3) is 4.93. The van der Waals surface area contributed by atoms with Crippen molar-refractivity contribution in [2.45, 2.75) is 18.9 Å². The van der Waals surface area contributed by atoms with E-state index in [4.69, 9.17) is 4.74 Å². The Morgan fingerprint density at radius 2 is 2.36 bits per heavy atom. The molecule has 0 saturated carbocycles. The fourth-order valence-corrected chi connectivity index (χ4v) is 4.86. The Kier molecular flexibility index (Phi) is 6.16. The number of nitrogens with zero attached hydrogens (tertiary/aromatic N) is 1. The van der Waals surface area contributed by atoms with Crippen LogP contribution in [0.1, 0.15) is 17.7 Å². The van der Waals surface area contributed by atoms with Gasteiger partial charge in [-0.15, -0.1) is 11.3 Å². The van der Waals surface area contributed by atoms with Gasteiger partial charge in [0, 0.05) is 37.3 Å². The lowest BCUT2D eigenvalue weighted by molar-refractivity contribution is -0.127. The lowest BCUT2D eigenvalue weighted by Gasteiger charge is -2.27.